The third kappa shape index (κ3) is 7.41. The zero-order valence-electron chi connectivity index (χ0n) is 32.5. The standard InChI is InChI=1S/C40H61ClN2O10S/c1-7-8-22-15-27(43(5)18-22)36(49)42-31(21(2)41)34-32(47)33(48)35(37(53-34)54-6)52-20-51-19-29(46)40(50)14-12-26-25-10-9-23-16-24(44)11-13-38(23,3)30(25)28(45)17-39(26,40)4/h11,13,16,21-22,25-28,30-35,37,45,47-48,50H,7-10,12,14-15,17-20H2,1-6H3,(H,42,49)/t21?,22-,25+,26+,27+,28+,30-,31?,32-,33+,34-,35-,37-,38+,39+,40+/m1/s1. The molecule has 0 aromatic carbocycles. The summed E-state index contributed by atoms with van der Waals surface area (Å²) in [7, 11) is 1.93. The van der Waals surface area contributed by atoms with Gasteiger partial charge in [0.25, 0.3) is 0 Å². The molecule has 0 aromatic rings. The van der Waals surface area contributed by atoms with Crippen LogP contribution in [-0.2, 0) is 28.6 Å². The minimum atomic E-state index is -1.71. The van der Waals surface area contributed by atoms with Crippen LogP contribution in [0.25, 0.3) is 0 Å². The fourth-order valence-electron chi connectivity index (χ4n) is 11.4. The quantitative estimate of drug-likeness (QED) is 0.105. The topological polar surface area (TPSA) is 175 Å². The molecule has 0 aromatic heterocycles. The molecule has 54 heavy (non-hydrogen) atoms. The van der Waals surface area contributed by atoms with Gasteiger partial charge in [-0.3, -0.25) is 19.3 Å². The van der Waals surface area contributed by atoms with E-state index in [4.69, 9.17) is 25.8 Å². The zero-order valence-corrected chi connectivity index (χ0v) is 34.1. The number of carbonyl (C=O) groups is 3. The number of alkyl halides is 1. The molecule has 3 saturated carbocycles. The van der Waals surface area contributed by atoms with Gasteiger partial charge in [-0.15, -0.1) is 23.4 Å². The molecule has 4 aliphatic carbocycles. The van der Waals surface area contributed by atoms with Gasteiger partial charge in [0.05, 0.1) is 23.6 Å². The number of carbonyl (C=O) groups excluding carboxylic acids is 3. The first-order valence-corrected chi connectivity index (χ1v) is 21.5. The van der Waals surface area contributed by atoms with E-state index in [0.717, 1.165) is 44.2 Å². The molecule has 2 aliphatic heterocycles. The van der Waals surface area contributed by atoms with Crippen molar-refractivity contribution in [2.45, 2.75) is 138 Å². The summed E-state index contributed by atoms with van der Waals surface area (Å²) in [6.45, 7) is 7.83. The summed E-state index contributed by atoms with van der Waals surface area (Å²) in [5.41, 5.74) is -2.73. The Hall–Kier alpha value is -1.39. The SMILES string of the molecule is CCC[C@@H]1C[C@@H](C(=O)NC(C(C)Cl)[C@H]2O[C@H](SC)[C@H](OCOCC(=O)[C@@]3(O)CC[C@H]4[C@@H]5CCC6=CC(=O)C=C[C@]6(C)[C@H]5[C@@H](O)C[C@@]43C)[C@@H](O)[C@H]2O)N(C)C1. The van der Waals surface area contributed by atoms with Crippen LogP contribution in [0.15, 0.2) is 23.8 Å². The number of nitrogens with one attached hydrogen (secondary N) is 1. The molecule has 2 heterocycles. The summed E-state index contributed by atoms with van der Waals surface area (Å²) in [6.07, 6.45) is 6.82. The molecule has 2 saturated heterocycles. The van der Waals surface area contributed by atoms with Crippen molar-refractivity contribution in [3.05, 3.63) is 23.8 Å². The van der Waals surface area contributed by atoms with Gasteiger partial charge in [-0.05, 0) is 95.1 Å². The van der Waals surface area contributed by atoms with Crippen LogP contribution in [0.5, 0.6) is 0 Å². The molecule has 6 rings (SSSR count). The number of ketones is 2. The minimum Gasteiger partial charge on any atom is -0.393 e. The fourth-order valence-corrected chi connectivity index (χ4v) is 12.4. The van der Waals surface area contributed by atoms with Gasteiger partial charge in [-0.2, -0.15) is 0 Å². The number of aliphatic hydroxyl groups is 4. The Labute approximate surface area is 328 Å². The number of hydrogen-bond acceptors (Lipinski definition) is 12. The number of halogens is 1. The van der Waals surface area contributed by atoms with E-state index in [-0.39, 0.29) is 48.3 Å². The molecule has 14 heteroatoms. The molecule has 6 aliphatic rings. The first-order valence-electron chi connectivity index (χ1n) is 19.8. The Morgan fingerprint density at radius 3 is 2.63 bits per heavy atom. The highest BCUT2D eigenvalue weighted by Gasteiger charge is 2.68. The smallest absolute Gasteiger partial charge is 0.237 e. The van der Waals surface area contributed by atoms with Gasteiger partial charge in [-0.1, -0.05) is 38.8 Å². The van der Waals surface area contributed by atoms with Crippen LogP contribution in [0.2, 0.25) is 0 Å². The maximum absolute atomic E-state index is 13.8. The summed E-state index contributed by atoms with van der Waals surface area (Å²) in [4.78, 5) is 41.4. The van der Waals surface area contributed by atoms with Crippen LogP contribution in [0.3, 0.4) is 0 Å². The Bertz CT molecular complexity index is 1480. The molecular weight excluding hydrogens is 736 g/mol. The Balaban J connectivity index is 1.05. The van der Waals surface area contributed by atoms with E-state index in [2.05, 4.69) is 19.2 Å². The van der Waals surface area contributed by atoms with Crippen LogP contribution in [0.1, 0.15) is 79.1 Å². The summed E-state index contributed by atoms with van der Waals surface area (Å²) >= 11 is 7.83. The summed E-state index contributed by atoms with van der Waals surface area (Å²) in [5.74, 6) is -0.307. The van der Waals surface area contributed by atoms with Gasteiger partial charge in [0.1, 0.15) is 48.9 Å². The predicted octanol–water partition coefficient (Wildman–Crippen LogP) is 2.97. The van der Waals surface area contributed by atoms with Crippen LogP contribution >= 0.6 is 23.4 Å². The average molecular weight is 797 g/mol. The second kappa shape index (κ2) is 16.5. The number of aliphatic hydroxyl groups excluding tert-OH is 3. The van der Waals surface area contributed by atoms with Crippen LogP contribution in [0, 0.1) is 34.5 Å². The predicted molar refractivity (Wildman–Crippen MR) is 205 cm³/mol. The number of allylic oxidation sites excluding steroid dienone is 4. The number of thioether (sulfide) groups is 1. The van der Waals surface area contributed by atoms with Crippen molar-refractivity contribution in [2.75, 3.05) is 33.2 Å². The molecule has 0 spiro atoms. The van der Waals surface area contributed by atoms with Crippen molar-refractivity contribution in [1.82, 2.24) is 10.2 Å². The fraction of sp³-hybridized carbons (Fsp3) is 0.825. The molecule has 1 amide bonds. The van der Waals surface area contributed by atoms with E-state index in [9.17, 15) is 34.8 Å². The Morgan fingerprint density at radius 1 is 1.20 bits per heavy atom. The molecule has 16 atom stereocenters. The lowest BCUT2D eigenvalue weighted by Gasteiger charge is -2.59. The number of rotatable bonds is 13. The van der Waals surface area contributed by atoms with Crippen molar-refractivity contribution in [2.24, 2.45) is 34.5 Å². The molecule has 304 valence electrons. The molecule has 5 fully saturated rings. The van der Waals surface area contributed by atoms with E-state index >= 15 is 0 Å². The number of hydrogen-bond donors (Lipinski definition) is 5. The third-order valence-corrected chi connectivity index (χ3v) is 15.4. The second-order valence-corrected chi connectivity index (χ2v) is 19.0. The molecule has 5 N–H and O–H groups in total. The highest BCUT2D eigenvalue weighted by Crippen LogP contribution is 2.67. The summed E-state index contributed by atoms with van der Waals surface area (Å²) in [5, 5.41) is 48.7. The van der Waals surface area contributed by atoms with Crippen molar-refractivity contribution in [1.29, 1.82) is 0 Å². The van der Waals surface area contributed by atoms with Gasteiger partial charge in [-0.25, -0.2) is 0 Å². The average Bonchev–Trinajstić information content (AvgIpc) is 3.62. The number of nitrogens with zero attached hydrogens (tertiary/aromatic N) is 1. The van der Waals surface area contributed by atoms with Gasteiger partial charge in [0, 0.05) is 23.3 Å². The van der Waals surface area contributed by atoms with Crippen molar-refractivity contribution < 1.29 is 49.0 Å². The normalized spacial score (nSPS) is 44.5. The lowest BCUT2D eigenvalue weighted by atomic mass is 9.46. The van der Waals surface area contributed by atoms with Gasteiger partial charge in [0.15, 0.2) is 11.6 Å². The number of likely N-dealkylation sites (tertiary alicyclic amines) is 1. The number of Topliss-reactive ketones (excluding diaryl/α,β-unsaturated/α-hetero) is 1. The number of ether oxygens (including phenoxy) is 3. The monoisotopic (exact) mass is 796 g/mol. The zero-order chi connectivity index (χ0) is 39.3. The molecule has 0 radical (unpaired) electrons. The molecular formula is C40H61ClN2O10S. The second-order valence-electron chi connectivity index (χ2n) is 17.4. The van der Waals surface area contributed by atoms with Gasteiger partial charge in [0.2, 0.25) is 5.91 Å². The van der Waals surface area contributed by atoms with E-state index in [0.29, 0.717) is 12.3 Å². The first kappa shape index (κ1) is 42.2. The molecule has 12 nitrogen and oxygen atoms in total. The Morgan fingerprint density at radius 2 is 1.94 bits per heavy atom. The maximum atomic E-state index is 13.8. The van der Waals surface area contributed by atoms with E-state index < -0.39 is 83.0 Å². The number of likely N-dealkylation sites (N-methyl/N-ethyl adjacent to an activating group) is 1. The number of fused-ring (bicyclic) bond motifs is 5. The van der Waals surface area contributed by atoms with Crippen LogP contribution < -0.4 is 5.32 Å². The van der Waals surface area contributed by atoms with E-state index in [1.807, 2.05) is 24.9 Å². The Kier molecular flexibility index (Phi) is 12.9. The lowest BCUT2D eigenvalue weighted by Crippen LogP contribution is -2.65. The largest absolute Gasteiger partial charge is 0.393 e. The van der Waals surface area contributed by atoms with Crippen LogP contribution in [-0.4, -0.2) is 135 Å². The van der Waals surface area contributed by atoms with E-state index in [1.54, 1.807) is 25.3 Å². The van der Waals surface area contributed by atoms with Crippen molar-refractivity contribution >= 4 is 40.8 Å². The van der Waals surface area contributed by atoms with Crippen molar-refractivity contribution in [3.63, 3.8) is 0 Å². The minimum absolute atomic E-state index is 0.00757. The summed E-state index contributed by atoms with van der Waals surface area (Å²) in [6, 6.07) is -1.12. The molecule has 2 unspecified atom stereocenters. The van der Waals surface area contributed by atoms with Crippen molar-refractivity contribution in [3.8, 4) is 0 Å². The van der Waals surface area contributed by atoms with Gasteiger partial charge >= 0.3 is 0 Å². The van der Waals surface area contributed by atoms with Crippen LogP contribution in [0.4, 0.5) is 0 Å². The maximum Gasteiger partial charge on any atom is 0.237 e. The lowest BCUT2D eigenvalue weighted by molar-refractivity contribution is -0.237. The highest BCUT2D eigenvalue weighted by molar-refractivity contribution is 7.99. The first-order chi connectivity index (χ1) is 25.5. The highest BCUT2D eigenvalue weighted by atomic mass is 35.5. The summed E-state index contributed by atoms with van der Waals surface area (Å²) < 4.78 is 17.8. The number of amides is 1. The van der Waals surface area contributed by atoms with E-state index in [1.165, 1.54) is 11.8 Å². The third-order valence-electron chi connectivity index (χ3n) is 14.3. The van der Waals surface area contributed by atoms with Gasteiger partial charge < -0.3 is 40.0 Å². The molecule has 0 bridgehead atoms.